The summed E-state index contributed by atoms with van der Waals surface area (Å²) >= 11 is 0. The molecule has 4 heterocycles. The largest absolute Gasteiger partial charge is 0.447 e. The molecule has 2 saturated heterocycles. The van der Waals surface area contributed by atoms with Crippen LogP contribution in [0.2, 0.25) is 0 Å². The van der Waals surface area contributed by atoms with Crippen molar-refractivity contribution in [3.8, 4) is 16.9 Å². The molecule has 0 N–H and O–H groups in total. The molecule has 0 unspecified atom stereocenters. The highest BCUT2D eigenvalue weighted by Crippen LogP contribution is 2.28. The Labute approximate surface area is 228 Å². The lowest BCUT2D eigenvalue weighted by Crippen LogP contribution is -2.52. The Hall–Kier alpha value is -4.48. The van der Waals surface area contributed by atoms with Crippen molar-refractivity contribution < 1.29 is 23.0 Å². The van der Waals surface area contributed by atoms with Gasteiger partial charge in [0.15, 0.2) is 0 Å². The number of ether oxygens (including phenoxy) is 2. The first-order valence-electron chi connectivity index (χ1n) is 13.1. The molecule has 40 heavy (non-hydrogen) atoms. The van der Waals surface area contributed by atoms with Gasteiger partial charge in [0.25, 0.3) is 5.56 Å². The van der Waals surface area contributed by atoms with Crippen LogP contribution in [-0.4, -0.2) is 69.2 Å². The maximum absolute atomic E-state index is 13.1. The van der Waals surface area contributed by atoms with Crippen LogP contribution in [-0.2, 0) is 24.8 Å². The number of alkyl halides is 2. The van der Waals surface area contributed by atoms with E-state index in [4.69, 9.17) is 9.47 Å². The van der Waals surface area contributed by atoms with Gasteiger partial charge in [0.2, 0.25) is 5.95 Å². The molecule has 2 aliphatic heterocycles. The second-order valence-corrected chi connectivity index (χ2v) is 9.93. The summed E-state index contributed by atoms with van der Waals surface area (Å²) in [4.78, 5) is 37.7. The van der Waals surface area contributed by atoms with Crippen LogP contribution in [0.4, 0.5) is 19.5 Å². The molecule has 0 aliphatic carbocycles. The van der Waals surface area contributed by atoms with Gasteiger partial charge >= 0.3 is 12.7 Å². The molecule has 10 nitrogen and oxygen atoms in total. The van der Waals surface area contributed by atoms with Gasteiger partial charge in [-0.3, -0.25) is 19.1 Å². The van der Waals surface area contributed by atoms with E-state index >= 15 is 0 Å². The number of aryl methyl sites for hydroxylation is 1. The fourth-order valence-electron chi connectivity index (χ4n) is 5.39. The van der Waals surface area contributed by atoms with Crippen LogP contribution in [0.25, 0.3) is 22.0 Å². The highest BCUT2D eigenvalue weighted by Gasteiger charge is 2.38. The Bertz CT molecular complexity index is 1630. The molecular formula is C28H28F2N6O4. The summed E-state index contributed by atoms with van der Waals surface area (Å²) in [6.45, 7) is 1.34. The van der Waals surface area contributed by atoms with Gasteiger partial charge in [-0.1, -0.05) is 25.1 Å². The van der Waals surface area contributed by atoms with Crippen LogP contribution in [0.5, 0.6) is 5.75 Å². The zero-order chi connectivity index (χ0) is 28.0. The quantitative estimate of drug-likeness (QED) is 0.347. The molecule has 2 aromatic carbocycles. The number of cyclic esters (lactones) is 1. The predicted octanol–water partition coefficient (Wildman–Crippen LogP) is 3.65. The number of rotatable bonds is 7. The standard InChI is InChI=1S/C28H28F2N6O4/c1-3-17-4-7-24(40-26(29)30)19(10-17)14-36-23-11-18(5-6-22(23)25(37)33(36)2)20-12-31-27(32-13-20)34-8-9-35-21(15-34)16-39-28(35)38/h4-7,10-13,21,26H,3,8-9,14-16H2,1-2H3/t21-/m1/s1. The van der Waals surface area contributed by atoms with Crippen LogP contribution in [0, 0.1) is 0 Å². The van der Waals surface area contributed by atoms with E-state index in [1.807, 2.05) is 30.0 Å². The monoisotopic (exact) mass is 550 g/mol. The lowest BCUT2D eigenvalue weighted by Gasteiger charge is -2.35. The average Bonchev–Trinajstić information content (AvgIpc) is 3.45. The van der Waals surface area contributed by atoms with Crippen molar-refractivity contribution in [1.82, 2.24) is 24.2 Å². The molecule has 208 valence electrons. The molecule has 2 aromatic heterocycles. The van der Waals surface area contributed by atoms with Crippen molar-refractivity contribution in [2.45, 2.75) is 32.5 Å². The van der Waals surface area contributed by atoms with E-state index in [9.17, 15) is 18.4 Å². The van der Waals surface area contributed by atoms with E-state index in [0.717, 1.165) is 23.1 Å². The number of aromatic nitrogens is 4. The summed E-state index contributed by atoms with van der Waals surface area (Å²) < 4.78 is 39.4. The van der Waals surface area contributed by atoms with E-state index in [2.05, 4.69) is 9.97 Å². The highest BCUT2D eigenvalue weighted by atomic mass is 19.3. The maximum Gasteiger partial charge on any atom is 0.410 e. The van der Waals surface area contributed by atoms with Gasteiger partial charge in [-0.2, -0.15) is 8.78 Å². The topological polar surface area (TPSA) is 94.7 Å². The summed E-state index contributed by atoms with van der Waals surface area (Å²) in [7, 11) is 1.65. The van der Waals surface area contributed by atoms with Gasteiger partial charge in [-0.25, -0.2) is 14.8 Å². The third-order valence-corrected chi connectivity index (χ3v) is 7.60. The normalized spacial score (nSPS) is 17.0. The van der Waals surface area contributed by atoms with E-state index in [-0.39, 0.29) is 30.0 Å². The number of hydrogen-bond acceptors (Lipinski definition) is 7. The van der Waals surface area contributed by atoms with E-state index in [1.165, 1.54) is 4.68 Å². The molecule has 12 heteroatoms. The average molecular weight is 551 g/mol. The third kappa shape index (κ3) is 4.63. The number of carbonyl (C=O) groups is 1. The molecule has 1 atom stereocenters. The smallest absolute Gasteiger partial charge is 0.410 e. The van der Waals surface area contributed by atoms with Gasteiger partial charge in [0.05, 0.1) is 23.5 Å². The molecule has 6 rings (SSSR count). The van der Waals surface area contributed by atoms with Crippen LogP contribution < -0.4 is 15.2 Å². The van der Waals surface area contributed by atoms with Gasteiger partial charge < -0.3 is 14.4 Å². The number of piperazine rings is 1. The van der Waals surface area contributed by atoms with Crippen molar-refractivity contribution >= 4 is 22.9 Å². The summed E-state index contributed by atoms with van der Waals surface area (Å²) in [6.07, 6.45) is 3.93. The number of fused-ring (bicyclic) bond motifs is 2. The SMILES string of the molecule is CCc1ccc(OC(F)F)c(Cn2c3cc(-c4cnc(N5CCN6C(=O)OC[C@H]6C5)nc4)ccc3c(=O)n2C)c1. The van der Waals surface area contributed by atoms with Gasteiger partial charge in [0.1, 0.15) is 12.4 Å². The molecule has 2 aliphatic rings. The number of halogens is 2. The Morgan fingerprint density at radius 2 is 1.88 bits per heavy atom. The molecule has 0 bridgehead atoms. The number of benzene rings is 2. The maximum atomic E-state index is 13.1. The number of carbonyl (C=O) groups excluding carboxylic acids is 1. The highest BCUT2D eigenvalue weighted by molar-refractivity contribution is 5.84. The Balaban J connectivity index is 1.30. The van der Waals surface area contributed by atoms with Gasteiger partial charge in [0, 0.05) is 50.2 Å². The zero-order valence-corrected chi connectivity index (χ0v) is 22.1. The summed E-state index contributed by atoms with van der Waals surface area (Å²) in [5.74, 6) is 0.652. The molecule has 0 spiro atoms. The minimum atomic E-state index is -2.95. The lowest BCUT2D eigenvalue weighted by molar-refractivity contribution is -0.0505. The summed E-state index contributed by atoms with van der Waals surface area (Å²) in [6, 6.07) is 10.6. The molecule has 2 fully saturated rings. The Morgan fingerprint density at radius 3 is 2.62 bits per heavy atom. The number of amides is 1. The minimum Gasteiger partial charge on any atom is -0.447 e. The van der Waals surface area contributed by atoms with Crippen LogP contribution in [0.15, 0.2) is 53.6 Å². The van der Waals surface area contributed by atoms with Crippen LogP contribution in [0.1, 0.15) is 18.1 Å². The molecule has 0 radical (unpaired) electrons. The number of hydrogen-bond donors (Lipinski definition) is 0. The first-order valence-corrected chi connectivity index (χ1v) is 13.1. The second kappa shape index (κ2) is 10.2. The first kappa shape index (κ1) is 25.8. The Morgan fingerprint density at radius 1 is 1.07 bits per heavy atom. The number of anilines is 1. The fourth-order valence-corrected chi connectivity index (χ4v) is 5.39. The molecule has 1 amide bonds. The van der Waals surface area contributed by atoms with E-state index in [1.54, 1.807) is 47.2 Å². The minimum absolute atomic E-state index is 0.00798. The molecular weight excluding hydrogens is 522 g/mol. The number of nitrogens with zero attached hydrogens (tertiary/aromatic N) is 6. The first-order chi connectivity index (χ1) is 19.3. The summed E-state index contributed by atoms with van der Waals surface area (Å²) in [5, 5.41) is 0.512. The van der Waals surface area contributed by atoms with Crippen LogP contribution >= 0.6 is 0 Å². The van der Waals surface area contributed by atoms with Gasteiger partial charge in [-0.05, 0) is 35.7 Å². The zero-order valence-electron chi connectivity index (χ0n) is 22.1. The van der Waals surface area contributed by atoms with Crippen molar-refractivity contribution in [2.75, 3.05) is 31.1 Å². The van der Waals surface area contributed by atoms with Crippen molar-refractivity contribution in [3.63, 3.8) is 0 Å². The predicted molar refractivity (Wildman–Crippen MR) is 144 cm³/mol. The third-order valence-electron chi connectivity index (χ3n) is 7.60. The van der Waals surface area contributed by atoms with E-state index < -0.39 is 6.61 Å². The lowest BCUT2D eigenvalue weighted by atomic mass is 10.1. The van der Waals surface area contributed by atoms with Crippen molar-refractivity contribution in [2.24, 2.45) is 7.05 Å². The van der Waals surface area contributed by atoms with Crippen molar-refractivity contribution in [3.05, 3.63) is 70.3 Å². The van der Waals surface area contributed by atoms with Crippen molar-refractivity contribution in [1.29, 1.82) is 0 Å². The second-order valence-electron chi connectivity index (χ2n) is 9.93. The van der Waals surface area contributed by atoms with Gasteiger partial charge in [-0.15, -0.1) is 0 Å². The Kier molecular flexibility index (Phi) is 6.60. The van der Waals surface area contributed by atoms with E-state index in [0.29, 0.717) is 48.7 Å². The molecule has 0 saturated carbocycles. The van der Waals surface area contributed by atoms with Crippen LogP contribution in [0.3, 0.4) is 0 Å². The summed E-state index contributed by atoms with van der Waals surface area (Å²) in [5.41, 5.74) is 3.57. The molecule has 4 aromatic rings. The fraction of sp³-hybridized carbons (Fsp3) is 0.357.